The molecule has 0 unspecified atom stereocenters. The van der Waals surface area contributed by atoms with Crippen molar-refractivity contribution in [2.45, 2.75) is 0 Å². The normalized spacial score (nSPS) is 11.1. The molecule has 0 aliphatic rings. The van der Waals surface area contributed by atoms with Crippen LogP contribution in [0.4, 0.5) is 0 Å². The van der Waals surface area contributed by atoms with E-state index in [1.54, 1.807) is 19.3 Å². The predicted octanol–water partition coefficient (Wildman–Crippen LogP) is 3.49. The zero-order valence-corrected chi connectivity index (χ0v) is 12.6. The van der Waals surface area contributed by atoms with Gasteiger partial charge in [0, 0.05) is 5.39 Å². The first-order chi connectivity index (χ1) is 10.7. The molecule has 0 spiro atoms. The first kappa shape index (κ1) is 14.3. The number of fused-ring (bicyclic) bond motifs is 1. The fraction of sp³-hybridized carbons (Fsp3) is 0.0588. The van der Waals surface area contributed by atoms with E-state index in [1.165, 1.54) is 17.4 Å². The van der Waals surface area contributed by atoms with Crippen LogP contribution < -0.4 is 10.3 Å². The van der Waals surface area contributed by atoms with Crippen molar-refractivity contribution < 1.29 is 9.53 Å². The number of ketones is 1. The van der Waals surface area contributed by atoms with E-state index in [4.69, 9.17) is 4.74 Å². The summed E-state index contributed by atoms with van der Waals surface area (Å²) in [6.07, 6.45) is 3.09. The Labute approximate surface area is 130 Å². The van der Waals surface area contributed by atoms with Gasteiger partial charge in [-0.25, -0.2) is 0 Å². The molecule has 2 aromatic heterocycles. The van der Waals surface area contributed by atoms with Crippen molar-refractivity contribution in [1.82, 2.24) is 4.98 Å². The highest BCUT2D eigenvalue weighted by Gasteiger charge is 2.09. The zero-order valence-electron chi connectivity index (χ0n) is 11.8. The van der Waals surface area contributed by atoms with Crippen LogP contribution in [0.2, 0.25) is 0 Å². The van der Waals surface area contributed by atoms with Gasteiger partial charge in [-0.15, -0.1) is 11.3 Å². The number of benzene rings is 1. The molecule has 3 aromatic rings. The number of hydrogen-bond acceptors (Lipinski definition) is 4. The molecule has 22 heavy (non-hydrogen) atoms. The minimum Gasteiger partial charge on any atom is -0.497 e. The van der Waals surface area contributed by atoms with E-state index in [0.717, 1.165) is 21.5 Å². The third-order valence-corrected chi connectivity index (χ3v) is 4.12. The minimum absolute atomic E-state index is 0.149. The molecular formula is C17H13NO3S. The molecule has 4 nitrogen and oxygen atoms in total. The highest BCUT2D eigenvalue weighted by atomic mass is 32.1. The molecule has 1 aromatic carbocycles. The van der Waals surface area contributed by atoms with Crippen molar-refractivity contribution in [3.05, 3.63) is 69.3 Å². The van der Waals surface area contributed by atoms with Gasteiger partial charge in [-0.05, 0) is 41.3 Å². The van der Waals surface area contributed by atoms with Crippen LogP contribution in [0.5, 0.6) is 5.75 Å². The molecule has 0 saturated carbocycles. The Morgan fingerprint density at radius 2 is 2.00 bits per heavy atom. The number of aromatic nitrogens is 1. The Balaban J connectivity index is 1.87. The lowest BCUT2D eigenvalue weighted by molar-refractivity contribution is 0.104. The van der Waals surface area contributed by atoms with Crippen LogP contribution in [0.15, 0.2) is 52.6 Å². The van der Waals surface area contributed by atoms with Gasteiger partial charge in [0.05, 0.1) is 12.7 Å². The van der Waals surface area contributed by atoms with E-state index in [0.29, 0.717) is 0 Å². The molecule has 0 saturated heterocycles. The predicted molar refractivity (Wildman–Crippen MR) is 88.8 cm³/mol. The third-order valence-electron chi connectivity index (χ3n) is 3.28. The van der Waals surface area contributed by atoms with Crippen LogP contribution >= 0.6 is 11.3 Å². The summed E-state index contributed by atoms with van der Waals surface area (Å²) in [5, 5.41) is 2.74. The second-order valence-corrected chi connectivity index (χ2v) is 5.60. The van der Waals surface area contributed by atoms with E-state index >= 15 is 0 Å². The van der Waals surface area contributed by atoms with Gasteiger partial charge in [0.25, 0.3) is 5.56 Å². The molecule has 0 aliphatic heterocycles. The fourth-order valence-corrected chi connectivity index (χ4v) is 2.85. The summed E-state index contributed by atoms with van der Waals surface area (Å²) in [4.78, 5) is 27.6. The van der Waals surface area contributed by atoms with E-state index in [1.807, 2.05) is 35.7 Å². The Morgan fingerprint density at radius 1 is 1.23 bits per heavy atom. The number of allylic oxidation sites excluding steroid dienone is 1. The summed E-state index contributed by atoms with van der Waals surface area (Å²) in [7, 11) is 1.60. The molecule has 2 heterocycles. The maximum Gasteiger partial charge on any atom is 0.260 e. The highest BCUT2D eigenvalue weighted by Crippen LogP contribution is 2.18. The van der Waals surface area contributed by atoms with E-state index < -0.39 is 0 Å². The van der Waals surface area contributed by atoms with Gasteiger partial charge < -0.3 is 9.72 Å². The Bertz CT molecular complexity index is 904. The molecule has 110 valence electrons. The lowest BCUT2D eigenvalue weighted by atomic mass is 10.1. The molecule has 0 atom stereocenters. The number of H-pyrrole nitrogens is 1. The second-order valence-electron chi connectivity index (χ2n) is 4.69. The van der Waals surface area contributed by atoms with Crippen LogP contribution in [-0.2, 0) is 0 Å². The van der Waals surface area contributed by atoms with Gasteiger partial charge in [-0.1, -0.05) is 18.2 Å². The Morgan fingerprint density at radius 3 is 2.73 bits per heavy atom. The fourth-order valence-electron chi connectivity index (χ4n) is 2.09. The first-order valence-corrected chi connectivity index (χ1v) is 7.52. The van der Waals surface area contributed by atoms with Gasteiger partial charge in [-0.3, -0.25) is 9.59 Å². The smallest absolute Gasteiger partial charge is 0.260 e. The summed E-state index contributed by atoms with van der Waals surface area (Å²) in [6.45, 7) is 0. The van der Waals surface area contributed by atoms with Gasteiger partial charge in [-0.2, -0.15) is 0 Å². The lowest BCUT2D eigenvalue weighted by Crippen LogP contribution is -2.15. The maximum absolute atomic E-state index is 12.2. The molecule has 0 aliphatic carbocycles. The van der Waals surface area contributed by atoms with Crippen LogP contribution in [-0.4, -0.2) is 17.9 Å². The number of carbonyl (C=O) groups excluding carboxylic acids is 1. The second kappa shape index (κ2) is 5.99. The summed E-state index contributed by atoms with van der Waals surface area (Å²) >= 11 is 1.44. The van der Waals surface area contributed by atoms with Crippen LogP contribution in [0.1, 0.15) is 15.9 Å². The average Bonchev–Trinajstić information content (AvgIpc) is 2.99. The topological polar surface area (TPSA) is 59.2 Å². The third kappa shape index (κ3) is 2.84. The van der Waals surface area contributed by atoms with E-state index in [-0.39, 0.29) is 16.9 Å². The molecule has 1 N–H and O–H groups in total. The van der Waals surface area contributed by atoms with Gasteiger partial charge >= 0.3 is 0 Å². The number of nitrogens with one attached hydrogen (secondary N) is 1. The highest BCUT2D eigenvalue weighted by molar-refractivity contribution is 7.16. The number of methoxy groups -OCH3 is 1. The largest absolute Gasteiger partial charge is 0.497 e. The molecule has 0 bridgehead atoms. The number of carbonyl (C=O) groups is 1. The van der Waals surface area contributed by atoms with Crippen LogP contribution in [0, 0.1) is 0 Å². The number of rotatable bonds is 4. The van der Waals surface area contributed by atoms with Gasteiger partial charge in [0.1, 0.15) is 10.6 Å². The number of ether oxygens (including phenoxy) is 1. The quantitative estimate of drug-likeness (QED) is 0.592. The molecule has 0 radical (unpaired) electrons. The summed E-state index contributed by atoms with van der Waals surface area (Å²) in [5.74, 6) is 0.438. The Hall–Kier alpha value is -2.66. The number of aromatic amines is 1. The molecular weight excluding hydrogens is 298 g/mol. The SMILES string of the molecule is COc1ccc(/C=C/C(=O)c2cc3ccsc3[nH]c2=O)cc1. The number of hydrogen-bond donors (Lipinski definition) is 1. The summed E-state index contributed by atoms with van der Waals surface area (Å²) < 4.78 is 5.08. The zero-order chi connectivity index (χ0) is 15.5. The van der Waals surface area contributed by atoms with Crippen molar-refractivity contribution in [2.75, 3.05) is 7.11 Å². The van der Waals surface area contributed by atoms with Crippen molar-refractivity contribution in [3.63, 3.8) is 0 Å². The summed E-state index contributed by atoms with van der Waals surface area (Å²) in [5.41, 5.74) is 0.650. The number of pyridine rings is 1. The minimum atomic E-state index is -0.362. The maximum atomic E-state index is 12.2. The monoisotopic (exact) mass is 311 g/mol. The molecule has 0 fully saturated rings. The molecule has 5 heteroatoms. The molecule has 0 amide bonds. The van der Waals surface area contributed by atoms with Crippen molar-refractivity contribution in [1.29, 1.82) is 0 Å². The number of thiophene rings is 1. The van der Waals surface area contributed by atoms with Crippen molar-refractivity contribution in [3.8, 4) is 5.75 Å². The summed E-state index contributed by atoms with van der Waals surface area (Å²) in [6, 6.07) is 10.8. The van der Waals surface area contributed by atoms with Crippen LogP contribution in [0.3, 0.4) is 0 Å². The van der Waals surface area contributed by atoms with Gasteiger partial charge in [0.2, 0.25) is 0 Å². The van der Waals surface area contributed by atoms with Gasteiger partial charge in [0.15, 0.2) is 5.78 Å². The van der Waals surface area contributed by atoms with E-state index in [2.05, 4.69) is 4.98 Å². The average molecular weight is 311 g/mol. The van der Waals surface area contributed by atoms with Crippen molar-refractivity contribution in [2.24, 2.45) is 0 Å². The standard InChI is InChI=1S/C17H13NO3S/c1-21-13-5-2-11(3-6-13)4-7-15(19)14-10-12-8-9-22-17(12)18-16(14)20/h2-10H,1H3,(H,18,20)/b7-4+. The van der Waals surface area contributed by atoms with Crippen molar-refractivity contribution >= 4 is 33.4 Å². The molecule has 3 rings (SSSR count). The first-order valence-electron chi connectivity index (χ1n) is 6.64. The van der Waals surface area contributed by atoms with Crippen LogP contribution in [0.25, 0.3) is 16.3 Å². The Kier molecular flexibility index (Phi) is 3.89. The lowest BCUT2D eigenvalue weighted by Gasteiger charge is -1.99. The van der Waals surface area contributed by atoms with E-state index in [9.17, 15) is 9.59 Å².